The van der Waals surface area contributed by atoms with E-state index < -0.39 is 0 Å². The Morgan fingerprint density at radius 1 is 0.912 bits per heavy atom. The molecular weight excluding hydrogens is 431 g/mol. The monoisotopic (exact) mass is 446 g/mol. The van der Waals surface area contributed by atoms with E-state index in [1.165, 1.54) is 12.1 Å². The van der Waals surface area contributed by atoms with Crippen molar-refractivity contribution in [3.63, 3.8) is 0 Å². The third-order valence-corrected chi connectivity index (χ3v) is 5.96. The number of pyridine rings is 1. The summed E-state index contributed by atoms with van der Waals surface area (Å²) in [6.45, 7) is 0.119. The van der Waals surface area contributed by atoms with E-state index in [0.29, 0.717) is 45.1 Å². The van der Waals surface area contributed by atoms with Gasteiger partial charge in [-0.15, -0.1) is 0 Å². The lowest BCUT2D eigenvalue weighted by atomic mass is 9.91. The van der Waals surface area contributed by atoms with Gasteiger partial charge in [-0.25, -0.2) is 9.37 Å². The average molecular weight is 446 g/mol. The molecule has 6 rings (SSSR count). The zero-order chi connectivity index (χ0) is 23.2. The summed E-state index contributed by atoms with van der Waals surface area (Å²) in [5.41, 5.74) is 4.83. The first-order valence-corrected chi connectivity index (χ1v) is 10.6. The van der Waals surface area contributed by atoms with Crippen LogP contribution in [0.3, 0.4) is 0 Å². The van der Waals surface area contributed by atoms with Gasteiger partial charge in [0.1, 0.15) is 11.9 Å². The predicted molar refractivity (Wildman–Crippen MR) is 125 cm³/mol. The number of hydrogen-bond acceptors (Lipinski definition) is 5. The maximum Gasteiger partial charge on any atom is 0.231 e. The van der Waals surface area contributed by atoms with E-state index in [0.717, 1.165) is 11.1 Å². The number of halogens is 1. The van der Waals surface area contributed by atoms with E-state index in [1.807, 2.05) is 24.3 Å². The first-order chi connectivity index (χ1) is 16.6. The van der Waals surface area contributed by atoms with Crippen molar-refractivity contribution in [1.29, 1.82) is 5.26 Å². The van der Waals surface area contributed by atoms with Crippen LogP contribution in [0.4, 0.5) is 4.39 Å². The normalized spacial score (nSPS) is 13.1. The van der Waals surface area contributed by atoms with Crippen LogP contribution in [0, 0.1) is 17.1 Å². The van der Waals surface area contributed by atoms with Crippen molar-refractivity contribution < 1.29 is 18.7 Å². The van der Waals surface area contributed by atoms with Crippen molar-refractivity contribution in [1.82, 2.24) is 4.98 Å². The van der Waals surface area contributed by atoms with Crippen LogP contribution in [-0.2, 0) is 0 Å². The second-order valence-electron chi connectivity index (χ2n) is 7.91. The summed E-state index contributed by atoms with van der Waals surface area (Å²) in [6, 6.07) is 20.9. The highest BCUT2D eigenvalue weighted by atomic mass is 19.1. The van der Waals surface area contributed by atoms with Gasteiger partial charge < -0.3 is 9.47 Å². The van der Waals surface area contributed by atoms with E-state index in [2.05, 4.69) is 6.07 Å². The number of nitrogens with zero attached hydrogens (tertiary/aromatic N) is 2. The Morgan fingerprint density at radius 3 is 2.47 bits per heavy atom. The number of benzene rings is 3. The van der Waals surface area contributed by atoms with E-state index in [-0.39, 0.29) is 24.0 Å². The molecule has 5 nitrogen and oxygen atoms in total. The second kappa shape index (κ2) is 7.68. The summed E-state index contributed by atoms with van der Waals surface area (Å²) >= 11 is 0. The summed E-state index contributed by atoms with van der Waals surface area (Å²) in [7, 11) is 0. The lowest BCUT2D eigenvalue weighted by molar-refractivity contribution is 0.104. The van der Waals surface area contributed by atoms with Crippen LogP contribution >= 0.6 is 0 Å². The molecular formula is C28H15FN2O3. The molecule has 0 radical (unpaired) electrons. The number of fused-ring (bicyclic) bond motifs is 4. The zero-order valence-corrected chi connectivity index (χ0v) is 17.7. The number of hydrogen-bond donors (Lipinski definition) is 0. The fraction of sp³-hybridized carbons (Fsp3) is 0.0357. The Balaban J connectivity index is 1.61. The highest BCUT2D eigenvalue weighted by Crippen LogP contribution is 2.45. The van der Waals surface area contributed by atoms with E-state index >= 15 is 0 Å². The van der Waals surface area contributed by atoms with Gasteiger partial charge >= 0.3 is 0 Å². The summed E-state index contributed by atoms with van der Waals surface area (Å²) in [6.07, 6.45) is 3.48. The predicted octanol–water partition coefficient (Wildman–Crippen LogP) is 5.87. The van der Waals surface area contributed by atoms with Gasteiger partial charge in [-0.05, 0) is 41.5 Å². The molecule has 34 heavy (non-hydrogen) atoms. The van der Waals surface area contributed by atoms with E-state index in [1.54, 1.807) is 42.5 Å². The number of rotatable bonds is 3. The van der Waals surface area contributed by atoms with Gasteiger partial charge in [-0.2, -0.15) is 5.26 Å². The van der Waals surface area contributed by atoms with Gasteiger partial charge in [-0.1, -0.05) is 48.5 Å². The minimum Gasteiger partial charge on any atom is -0.454 e. The number of nitriles is 1. The van der Waals surface area contributed by atoms with Crippen LogP contribution in [0.2, 0.25) is 0 Å². The highest BCUT2D eigenvalue weighted by Gasteiger charge is 2.34. The highest BCUT2D eigenvalue weighted by molar-refractivity contribution is 6.24. The maximum absolute atomic E-state index is 13.4. The summed E-state index contributed by atoms with van der Waals surface area (Å²) in [4.78, 5) is 18.2. The number of ether oxygens (including phenoxy) is 2. The number of carbonyl (C=O) groups is 1. The Kier molecular flexibility index (Phi) is 4.49. The van der Waals surface area contributed by atoms with Crippen molar-refractivity contribution in [2.24, 2.45) is 0 Å². The fourth-order valence-corrected chi connectivity index (χ4v) is 4.37. The molecule has 0 atom stereocenters. The first-order valence-electron chi connectivity index (χ1n) is 10.6. The minimum absolute atomic E-state index is 0.119. The van der Waals surface area contributed by atoms with Crippen LogP contribution in [0.5, 0.6) is 11.5 Å². The molecule has 0 unspecified atom stereocenters. The average Bonchev–Trinajstić information content (AvgIpc) is 3.45. The van der Waals surface area contributed by atoms with Gasteiger partial charge in [0.05, 0.1) is 22.5 Å². The van der Waals surface area contributed by atoms with Crippen molar-refractivity contribution in [2.45, 2.75) is 0 Å². The van der Waals surface area contributed by atoms with Crippen LogP contribution in [-0.4, -0.2) is 17.6 Å². The van der Waals surface area contributed by atoms with Crippen LogP contribution in [0.15, 0.2) is 66.7 Å². The van der Waals surface area contributed by atoms with Crippen molar-refractivity contribution in [2.75, 3.05) is 6.79 Å². The van der Waals surface area contributed by atoms with Gasteiger partial charge in [0.2, 0.25) is 6.79 Å². The first kappa shape index (κ1) is 19.9. The molecule has 1 aliphatic heterocycles. The Morgan fingerprint density at radius 2 is 1.68 bits per heavy atom. The molecule has 0 bridgehead atoms. The third kappa shape index (κ3) is 3.06. The van der Waals surface area contributed by atoms with Crippen LogP contribution < -0.4 is 9.47 Å². The summed E-state index contributed by atoms with van der Waals surface area (Å²) in [5.74, 6) is 0.666. The molecule has 1 aromatic heterocycles. The quantitative estimate of drug-likeness (QED) is 0.347. The van der Waals surface area contributed by atoms with Crippen LogP contribution in [0.25, 0.3) is 34.5 Å². The molecule has 3 aromatic carbocycles. The maximum atomic E-state index is 13.4. The molecule has 0 saturated heterocycles. The lowest BCUT2D eigenvalue weighted by Gasteiger charge is -2.13. The molecule has 6 heteroatoms. The van der Waals surface area contributed by atoms with Crippen LogP contribution in [0.1, 0.15) is 32.7 Å². The summed E-state index contributed by atoms with van der Waals surface area (Å²) in [5, 5.41) is 10.2. The third-order valence-electron chi connectivity index (χ3n) is 5.96. The number of carbonyl (C=O) groups excluding carboxylic acids is 1. The van der Waals surface area contributed by atoms with Gasteiger partial charge in [0.15, 0.2) is 17.3 Å². The Labute approximate surface area is 194 Å². The van der Waals surface area contributed by atoms with Gasteiger partial charge in [-0.3, -0.25) is 4.79 Å². The van der Waals surface area contributed by atoms with E-state index in [9.17, 15) is 14.4 Å². The molecule has 0 amide bonds. The molecule has 162 valence electrons. The second-order valence-corrected chi connectivity index (χ2v) is 7.91. The molecule has 4 aromatic rings. The van der Waals surface area contributed by atoms with Crippen molar-refractivity contribution in [3.05, 3.63) is 100 Å². The van der Waals surface area contributed by atoms with Crippen molar-refractivity contribution in [3.8, 4) is 40.0 Å². The standard InChI is InChI=1S/C28H15FN2O3/c29-18-9-5-16(6-10-18)7-11-22-21(14-30)25(17-8-12-23-24(13-17)34-15-33-23)26-27(31-22)19-3-1-2-4-20(19)28(26)32/h1-13H,15H2. The Bertz CT molecular complexity index is 1570. The molecule has 0 fully saturated rings. The zero-order valence-electron chi connectivity index (χ0n) is 17.7. The molecule has 0 spiro atoms. The smallest absolute Gasteiger partial charge is 0.231 e. The van der Waals surface area contributed by atoms with E-state index in [4.69, 9.17) is 14.5 Å². The lowest BCUT2D eigenvalue weighted by Crippen LogP contribution is -2.04. The minimum atomic E-state index is -0.328. The number of aromatic nitrogens is 1. The number of ketones is 1. The van der Waals surface area contributed by atoms with Gasteiger partial charge in [0, 0.05) is 16.7 Å². The topological polar surface area (TPSA) is 72.2 Å². The fourth-order valence-electron chi connectivity index (χ4n) is 4.37. The molecule has 2 aliphatic rings. The Hall–Kier alpha value is -4.76. The largest absolute Gasteiger partial charge is 0.454 e. The summed E-state index contributed by atoms with van der Waals surface area (Å²) < 4.78 is 24.3. The molecule has 1 aliphatic carbocycles. The molecule has 0 saturated carbocycles. The SMILES string of the molecule is N#Cc1c(C=Cc2ccc(F)cc2)nc2c(c1-c1ccc3c(c1)OCO3)C(=O)c1ccccc1-2. The van der Waals surface area contributed by atoms with Crippen molar-refractivity contribution >= 4 is 17.9 Å². The van der Waals surface area contributed by atoms with Gasteiger partial charge in [0.25, 0.3) is 0 Å². The molecule has 2 heterocycles. The molecule has 0 N–H and O–H groups in total.